The SMILES string of the molecule is COCCN[C@H]1CC[C@H](Nc2cc(-c3cccc(NCC4(O)CC4)c3)c(F)cn2)CC1. The van der Waals surface area contributed by atoms with Crippen LogP contribution >= 0.6 is 0 Å². The lowest BCUT2D eigenvalue weighted by atomic mass is 9.91. The Bertz CT molecular complexity index is 866. The monoisotopic (exact) mass is 428 g/mol. The van der Waals surface area contributed by atoms with E-state index in [0.717, 1.165) is 62.9 Å². The summed E-state index contributed by atoms with van der Waals surface area (Å²) < 4.78 is 19.7. The summed E-state index contributed by atoms with van der Waals surface area (Å²) in [6.07, 6.45) is 7.29. The van der Waals surface area contributed by atoms with Crippen molar-refractivity contribution in [3.05, 3.63) is 42.3 Å². The van der Waals surface area contributed by atoms with Crippen LogP contribution in [0.2, 0.25) is 0 Å². The highest BCUT2D eigenvalue weighted by molar-refractivity contribution is 5.70. The summed E-state index contributed by atoms with van der Waals surface area (Å²) in [5.74, 6) is 0.368. The molecule has 2 fully saturated rings. The molecule has 1 heterocycles. The maximum atomic E-state index is 14.6. The summed E-state index contributed by atoms with van der Waals surface area (Å²) >= 11 is 0. The van der Waals surface area contributed by atoms with Crippen LogP contribution in [0.25, 0.3) is 11.1 Å². The van der Waals surface area contributed by atoms with Gasteiger partial charge in [0.1, 0.15) is 11.6 Å². The minimum absolute atomic E-state index is 0.338. The van der Waals surface area contributed by atoms with E-state index in [-0.39, 0.29) is 5.82 Å². The lowest BCUT2D eigenvalue weighted by molar-refractivity contribution is 0.164. The first-order chi connectivity index (χ1) is 15.0. The molecule has 7 heteroatoms. The summed E-state index contributed by atoms with van der Waals surface area (Å²) in [6, 6.07) is 10.3. The fraction of sp³-hybridized carbons (Fsp3) is 0.542. The van der Waals surface area contributed by atoms with Gasteiger partial charge in [0.05, 0.1) is 18.4 Å². The molecule has 0 radical (unpaired) electrons. The number of aromatic nitrogens is 1. The molecule has 0 saturated heterocycles. The molecule has 31 heavy (non-hydrogen) atoms. The normalized spacial score (nSPS) is 22.2. The second-order valence-corrected chi connectivity index (χ2v) is 8.85. The lowest BCUT2D eigenvalue weighted by Gasteiger charge is -2.30. The average molecular weight is 429 g/mol. The van der Waals surface area contributed by atoms with E-state index in [1.54, 1.807) is 13.2 Å². The maximum Gasteiger partial charge on any atom is 0.149 e. The molecule has 0 spiro atoms. The number of aliphatic hydroxyl groups is 1. The molecular weight excluding hydrogens is 395 g/mol. The number of methoxy groups -OCH3 is 1. The van der Waals surface area contributed by atoms with E-state index in [9.17, 15) is 9.50 Å². The number of nitrogens with one attached hydrogen (secondary N) is 3. The Morgan fingerprint density at radius 3 is 2.68 bits per heavy atom. The smallest absolute Gasteiger partial charge is 0.149 e. The number of pyridine rings is 1. The molecule has 0 atom stereocenters. The van der Waals surface area contributed by atoms with E-state index in [4.69, 9.17) is 4.74 Å². The Balaban J connectivity index is 1.36. The molecule has 0 bridgehead atoms. The van der Waals surface area contributed by atoms with Crippen LogP contribution in [0.5, 0.6) is 0 Å². The number of benzene rings is 1. The Morgan fingerprint density at radius 2 is 1.94 bits per heavy atom. The van der Waals surface area contributed by atoms with Gasteiger partial charge >= 0.3 is 0 Å². The van der Waals surface area contributed by atoms with Crippen molar-refractivity contribution in [2.45, 2.75) is 56.2 Å². The van der Waals surface area contributed by atoms with Crippen molar-refractivity contribution in [1.29, 1.82) is 0 Å². The molecule has 2 aliphatic rings. The highest BCUT2D eigenvalue weighted by atomic mass is 19.1. The van der Waals surface area contributed by atoms with Crippen LogP contribution in [0.4, 0.5) is 15.9 Å². The Labute approximate surface area is 183 Å². The van der Waals surface area contributed by atoms with E-state index in [1.165, 1.54) is 6.20 Å². The number of nitrogens with zero attached hydrogens (tertiary/aromatic N) is 1. The van der Waals surface area contributed by atoms with Crippen LogP contribution < -0.4 is 16.0 Å². The zero-order valence-corrected chi connectivity index (χ0v) is 18.2. The van der Waals surface area contributed by atoms with Crippen molar-refractivity contribution in [1.82, 2.24) is 10.3 Å². The van der Waals surface area contributed by atoms with Gasteiger partial charge in [0.15, 0.2) is 0 Å². The van der Waals surface area contributed by atoms with Crippen LogP contribution in [0.3, 0.4) is 0 Å². The van der Waals surface area contributed by atoms with E-state index < -0.39 is 5.60 Å². The van der Waals surface area contributed by atoms with Crippen LogP contribution in [0.15, 0.2) is 36.5 Å². The number of hydrogen-bond donors (Lipinski definition) is 4. The molecule has 2 saturated carbocycles. The lowest BCUT2D eigenvalue weighted by Crippen LogP contribution is -2.38. The van der Waals surface area contributed by atoms with Gasteiger partial charge in [-0.15, -0.1) is 0 Å². The fourth-order valence-electron chi connectivity index (χ4n) is 4.14. The van der Waals surface area contributed by atoms with Crippen molar-refractivity contribution < 1.29 is 14.2 Å². The molecule has 1 aromatic heterocycles. The topological polar surface area (TPSA) is 78.4 Å². The summed E-state index contributed by atoms with van der Waals surface area (Å²) in [4.78, 5) is 4.27. The molecule has 1 aromatic carbocycles. The number of ether oxygens (including phenoxy) is 1. The highest BCUT2D eigenvalue weighted by Gasteiger charge is 2.39. The summed E-state index contributed by atoms with van der Waals surface area (Å²) in [7, 11) is 1.72. The quantitative estimate of drug-likeness (QED) is 0.432. The largest absolute Gasteiger partial charge is 0.388 e. The Hall–Kier alpha value is -2.22. The van der Waals surface area contributed by atoms with Crippen molar-refractivity contribution in [2.24, 2.45) is 0 Å². The zero-order chi connectivity index (χ0) is 21.7. The highest BCUT2D eigenvalue weighted by Crippen LogP contribution is 2.35. The van der Waals surface area contributed by atoms with Crippen molar-refractivity contribution in [3.63, 3.8) is 0 Å². The standard InChI is InChI=1S/C24H33FN4O2/c1-31-12-11-26-18-5-7-19(8-6-18)29-23-14-21(22(25)15-27-23)17-3-2-4-20(13-17)28-16-24(30)9-10-24/h2-4,13-15,18-19,26,28,30H,5-12,16H2,1H3,(H,27,29)/t18-,19-. The average Bonchev–Trinajstić information content (AvgIpc) is 3.53. The van der Waals surface area contributed by atoms with Gasteiger partial charge in [-0.1, -0.05) is 12.1 Å². The molecule has 0 unspecified atom stereocenters. The molecule has 0 amide bonds. The third kappa shape index (κ3) is 6.15. The van der Waals surface area contributed by atoms with Gasteiger partial charge < -0.3 is 25.8 Å². The molecule has 168 valence electrons. The summed E-state index contributed by atoms with van der Waals surface area (Å²) in [5.41, 5.74) is 1.62. The first kappa shape index (κ1) is 22.0. The van der Waals surface area contributed by atoms with E-state index in [1.807, 2.05) is 24.3 Å². The minimum atomic E-state index is -0.576. The Morgan fingerprint density at radius 1 is 1.16 bits per heavy atom. The van der Waals surface area contributed by atoms with Gasteiger partial charge in [-0.05, 0) is 62.3 Å². The predicted molar refractivity (Wildman–Crippen MR) is 122 cm³/mol. The molecule has 2 aliphatic carbocycles. The van der Waals surface area contributed by atoms with Crippen LogP contribution in [0, 0.1) is 5.82 Å². The fourth-order valence-corrected chi connectivity index (χ4v) is 4.14. The van der Waals surface area contributed by atoms with E-state index in [2.05, 4.69) is 20.9 Å². The third-order valence-electron chi connectivity index (χ3n) is 6.30. The Kier molecular flexibility index (Phi) is 7.05. The van der Waals surface area contributed by atoms with E-state index in [0.29, 0.717) is 30.0 Å². The molecule has 0 aliphatic heterocycles. The summed E-state index contributed by atoms with van der Waals surface area (Å²) in [5, 5.41) is 20.3. The number of hydrogen-bond acceptors (Lipinski definition) is 6. The van der Waals surface area contributed by atoms with Crippen LogP contribution in [-0.4, -0.2) is 54.6 Å². The number of halogens is 1. The van der Waals surface area contributed by atoms with Gasteiger partial charge in [-0.25, -0.2) is 9.37 Å². The predicted octanol–water partition coefficient (Wildman–Crippen LogP) is 3.78. The number of rotatable bonds is 10. The van der Waals surface area contributed by atoms with Gasteiger partial charge in [0.25, 0.3) is 0 Å². The van der Waals surface area contributed by atoms with E-state index >= 15 is 0 Å². The van der Waals surface area contributed by atoms with Crippen molar-refractivity contribution in [2.75, 3.05) is 37.4 Å². The van der Waals surface area contributed by atoms with Gasteiger partial charge in [0.2, 0.25) is 0 Å². The minimum Gasteiger partial charge on any atom is -0.388 e. The van der Waals surface area contributed by atoms with Gasteiger partial charge in [-0.3, -0.25) is 0 Å². The molecule has 4 N–H and O–H groups in total. The molecular formula is C24H33FN4O2. The van der Waals surface area contributed by atoms with Crippen molar-refractivity contribution >= 4 is 11.5 Å². The third-order valence-corrected chi connectivity index (χ3v) is 6.30. The number of anilines is 2. The molecule has 4 rings (SSSR count). The first-order valence-electron chi connectivity index (χ1n) is 11.3. The molecule has 2 aromatic rings. The van der Waals surface area contributed by atoms with Crippen LogP contribution in [-0.2, 0) is 4.74 Å². The van der Waals surface area contributed by atoms with Gasteiger partial charge in [-0.2, -0.15) is 0 Å². The zero-order valence-electron chi connectivity index (χ0n) is 18.2. The first-order valence-corrected chi connectivity index (χ1v) is 11.3. The molecule has 6 nitrogen and oxygen atoms in total. The van der Waals surface area contributed by atoms with Crippen LogP contribution in [0.1, 0.15) is 38.5 Å². The summed E-state index contributed by atoms with van der Waals surface area (Å²) in [6.45, 7) is 2.14. The maximum absolute atomic E-state index is 14.6. The van der Waals surface area contributed by atoms with Crippen molar-refractivity contribution in [3.8, 4) is 11.1 Å². The second-order valence-electron chi connectivity index (χ2n) is 8.85. The van der Waals surface area contributed by atoms with Gasteiger partial charge in [0, 0.05) is 43.5 Å². The second kappa shape index (κ2) is 9.94.